The summed E-state index contributed by atoms with van der Waals surface area (Å²) in [6.45, 7) is 0. The highest BCUT2D eigenvalue weighted by Crippen LogP contribution is 2.30. The van der Waals surface area contributed by atoms with E-state index in [4.69, 9.17) is 5.73 Å². The van der Waals surface area contributed by atoms with E-state index in [9.17, 15) is 4.79 Å². The molecule has 1 heterocycles. The number of halogens is 1. The molecule has 14 heavy (non-hydrogen) atoms. The Morgan fingerprint density at radius 3 is 2.86 bits per heavy atom. The number of aromatic nitrogens is 2. The van der Waals surface area contributed by atoms with Gasteiger partial charge >= 0.3 is 0 Å². The molecular weight excluding hydrogens is 248 g/mol. The van der Waals surface area contributed by atoms with Crippen molar-refractivity contribution in [3.8, 4) is 0 Å². The van der Waals surface area contributed by atoms with Gasteiger partial charge < -0.3 is 11.1 Å². The van der Waals surface area contributed by atoms with Crippen molar-refractivity contribution >= 4 is 27.7 Å². The molecule has 1 saturated carbocycles. The predicted molar refractivity (Wildman–Crippen MR) is 55.7 cm³/mol. The van der Waals surface area contributed by atoms with E-state index in [0.717, 1.165) is 23.7 Å². The van der Waals surface area contributed by atoms with Gasteiger partial charge in [-0.05, 0) is 35.2 Å². The molecule has 1 amide bonds. The zero-order chi connectivity index (χ0) is 10.2. The number of carbonyl (C=O) groups excluding carboxylic acids is 1. The second-order valence-electron chi connectivity index (χ2n) is 3.56. The molecule has 0 aromatic carbocycles. The van der Waals surface area contributed by atoms with Crippen LogP contribution in [-0.4, -0.2) is 21.6 Å². The zero-order valence-corrected chi connectivity index (χ0v) is 9.10. The van der Waals surface area contributed by atoms with E-state index in [1.54, 1.807) is 6.20 Å². The summed E-state index contributed by atoms with van der Waals surface area (Å²) in [6.07, 6.45) is 4.11. The number of aromatic amines is 1. The van der Waals surface area contributed by atoms with E-state index in [2.05, 4.69) is 31.4 Å². The molecule has 1 aromatic rings. The van der Waals surface area contributed by atoms with Crippen LogP contribution in [0.15, 0.2) is 10.7 Å². The third-order valence-corrected chi connectivity index (χ3v) is 3.13. The monoisotopic (exact) mass is 258 g/mol. The maximum absolute atomic E-state index is 11.7. The van der Waals surface area contributed by atoms with Gasteiger partial charge in [0, 0.05) is 0 Å². The van der Waals surface area contributed by atoms with E-state index >= 15 is 0 Å². The first-order valence-corrected chi connectivity index (χ1v) is 5.20. The van der Waals surface area contributed by atoms with Crippen LogP contribution in [0.1, 0.15) is 19.3 Å². The lowest BCUT2D eigenvalue weighted by Gasteiger charge is -2.35. The summed E-state index contributed by atoms with van der Waals surface area (Å²) < 4.78 is 0.730. The van der Waals surface area contributed by atoms with Crippen molar-refractivity contribution in [2.75, 3.05) is 5.32 Å². The Morgan fingerprint density at radius 2 is 2.43 bits per heavy atom. The van der Waals surface area contributed by atoms with Crippen molar-refractivity contribution in [2.24, 2.45) is 5.73 Å². The molecule has 0 saturated heterocycles. The Morgan fingerprint density at radius 1 is 1.71 bits per heavy atom. The number of hydrogen-bond donors (Lipinski definition) is 3. The predicted octanol–water partition coefficient (Wildman–Crippen LogP) is 0.992. The van der Waals surface area contributed by atoms with Crippen molar-refractivity contribution in [1.82, 2.24) is 10.2 Å². The molecule has 0 unspecified atom stereocenters. The minimum atomic E-state index is -0.676. The molecule has 4 N–H and O–H groups in total. The van der Waals surface area contributed by atoms with Gasteiger partial charge in [-0.3, -0.25) is 9.89 Å². The van der Waals surface area contributed by atoms with E-state index < -0.39 is 5.54 Å². The molecule has 0 aliphatic heterocycles. The van der Waals surface area contributed by atoms with Crippen LogP contribution in [0.2, 0.25) is 0 Å². The van der Waals surface area contributed by atoms with Crippen molar-refractivity contribution in [2.45, 2.75) is 24.8 Å². The normalized spacial score (nSPS) is 18.7. The Balaban J connectivity index is 2.05. The van der Waals surface area contributed by atoms with E-state index in [0.29, 0.717) is 5.82 Å². The van der Waals surface area contributed by atoms with Gasteiger partial charge in [-0.15, -0.1) is 0 Å². The molecule has 1 aliphatic rings. The first kappa shape index (κ1) is 9.67. The minimum absolute atomic E-state index is 0.145. The maximum Gasteiger partial charge on any atom is 0.245 e. The fraction of sp³-hybridized carbons (Fsp3) is 0.500. The summed E-state index contributed by atoms with van der Waals surface area (Å²) in [5.74, 6) is 0.417. The lowest BCUT2D eigenvalue weighted by molar-refractivity contribution is -0.123. The highest BCUT2D eigenvalue weighted by molar-refractivity contribution is 9.10. The maximum atomic E-state index is 11.7. The third-order valence-electron chi connectivity index (χ3n) is 2.53. The van der Waals surface area contributed by atoms with Gasteiger partial charge in [0.05, 0.1) is 16.2 Å². The second-order valence-corrected chi connectivity index (χ2v) is 4.41. The van der Waals surface area contributed by atoms with E-state index in [1.807, 2.05) is 0 Å². The lowest BCUT2D eigenvalue weighted by Crippen LogP contribution is -2.56. The molecule has 0 radical (unpaired) electrons. The zero-order valence-electron chi connectivity index (χ0n) is 7.51. The average Bonchev–Trinajstić information content (AvgIpc) is 2.48. The van der Waals surface area contributed by atoms with Gasteiger partial charge in [0.15, 0.2) is 0 Å². The molecule has 6 heteroatoms. The Labute approximate surface area is 89.6 Å². The van der Waals surface area contributed by atoms with Gasteiger partial charge in [-0.2, -0.15) is 5.10 Å². The fourth-order valence-corrected chi connectivity index (χ4v) is 1.67. The van der Waals surface area contributed by atoms with Crippen LogP contribution in [0.5, 0.6) is 0 Å². The molecule has 0 bridgehead atoms. The number of rotatable bonds is 2. The highest BCUT2D eigenvalue weighted by Gasteiger charge is 2.40. The summed E-state index contributed by atoms with van der Waals surface area (Å²) >= 11 is 3.25. The molecule has 5 nitrogen and oxygen atoms in total. The first-order chi connectivity index (χ1) is 6.62. The Bertz CT molecular complexity index is 358. The summed E-state index contributed by atoms with van der Waals surface area (Å²) in [6, 6.07) is 0. The lowest BCUT2D eigenvalue weighted by atomic mass is 9.77. The second kappa shape index (κ2) is 3.36. The number of anilines is 1. The van der Waals surface area contributed by atoms with Gasteiger partial charge in [-0.1, -0.05) is 0 Å². The molecule has 76 valence electrons. The van der Waals surface area contributed by atoms with Crippen molar-refractivity contribution in [3.63, 3.8) is 0 Å². The average molecular weight is 259 g/mol. The van der Waals surface area contributed by atoms with Crippen molar-refractivity contribution in [3.05, 3.63) is 10.7 Å². The Kier molecular flexibility index (Phi) is 2.32. The van der Waals surface area contributed by atoms with E-state index in [1.165, 1.54) is 0 Å². The van der Waals surface area contributed by atoms with Gasteiger partial charge in [-0.25, -0.2) is 0 Å². The molecule has 2 rings (SSSR count). The van der Waals surface area contributed by atoms with Gasteiger partial charge in [0.25, 0.3) is 0 Å². The van der Waals surface area contributed by atoms with Crippen LogP contribution in [0.3, 0.4) is 0 Å². The number of nitrogens with zero attached hydrogens (tertiary/aromatic N) is 1. The first-order valence-electron chi connectivity index (χ1n) is 4.41. The number of hydrogen-bond acceptors (Lipinski definition) is 3. The standard InChI is InChI=1S/C8H11BrN4O/c9-5-4-11-13-6(5)12-7(14)8(10)2-1-3-8/h4H,1-3,10H2,(H2,11,12,13,14). The van der Waals surface area contributed by atoms with Gasteiger partial charge in [0.1, 0.15) is 5.82 Å². The Hall–Kier alpha value is -0.880. The summed E-state index contributed by atoms with van der Waals surface area (Å²) in [7, 11) is 0. The summed E-state index contributed by atoms with van der Waals surface area (Å²) in [5.41, 5.74) is 5.18. The molecule has 1 fully saturated rings. The minimum Gasteiger partial charge on any atom is -0.317 e. The van der Waals surface area contributed by atoms with E-state index in [-0.39, 0.29) is 5.91 Å². The fourth-order valence-electron chi connectivity index (χ4n) is 1.38. The smallest absolute Gasteiger partial charge is 0.245 e. The third kappa shape index (κ3) is 1.55. The summed E-state index contributed by atoms with van der Waals surface area (Å²) in [4.78, 5) is 11.7. The quantitative estimate of drug-likeness (QED) is 0.740. The van der Waals surface area contributed by atoms with Crippen LogP contribution in [0.4, 0.5) is 5.82 Å². The van der Waals surface area contributed by atoms with Crippen molar-refractivity contribution in [1.29, 1.82) is 0 Å². The number of nitrogens with one attached hydrogen (secondary N) is 2. The topological polar surface area (TPSA) is 83.8 Å². The summed E-state index contributed by atoms with van der Waals surface area (Å²) in [5, 5.41) is 9.15. The molecule has 0 atom stereocenters. The van der Waals surface area contributed by atoms with Crippen LogP contribution >= 0.6 is 15.9 Å². The number of amides is 1. The van der Waals surface area contributed by atoms with Crippen LogP contribution in [0.25, 0.3) is 0 Å². The van der Waals surface area contributed by atoms with Crippen LogP contribution in [-0.2, 0) is 4.79 Å². The molecule has 1 aromatic heterocycles. The van der Waals surface area contributed by atoms with Crippen LogP contribution in [0, 0.1) is 0 Å². The SMILES string of the molecule is NC1(C(=O)Nc2[nH]ncc2Br)CCC1. The molecule has 0 spiro atoms. The number of carbonyl (C=O) groups is 1. The molecular formula is C8H11BrN4O. The van der Waals surface area contributed by atoms with Crippen molar-refractivity contribution < 1.29 is 4.79 Å². The number of nitrogens with two attached hydrogens (primary N) is 1. The van der Waals surface area contributed by atoms with Gasteiger partial charge in [0.2, 0.25) is 5.91 Å². The largest absolute Gasteiger partial charge is 0.317 e. The molecule has 1 aliphatic carbocycles. The van der Waals surface area contributed by atoms with Crippen LogP contribution < -0.4 is 11.1 Å². The highest BCUT2D eigenvalue weighted by atomic mass is 79.9. The number of H-pyrrole nitrogens is 1.